The Bertz CT molecular complexity index is 753. The highest BCUT2D eigenvalue weighted by molar-refractivity contribution is 6.31. The Labute approximate surface area is 153 Å². The summed E-state index contributed by atoms with van der Waals surface area (Å²) in [5.74, 6) is -0.165. The molecule has 1 amide bonds. The van der Waals surface area contributed by atoms with Gasteiger partial charge in [0, 0.05) is 37.3 Å². The van der Waals surface area contributed by atoms with Crippen molar-refractivity contribution in [1.29, 1.82) is 0 Å². The van der Waals surface area contributed by atoms with E-state index >= 15 is 0 Å². The maximum atomic E-state index is 12.3. The van der Waals surface area contributed by atoms with Crippen molar-refractivity contribution in [3.8, 4) is 0 Å². The molecule has 0 bridgehead atoms. The monoisotopic (exact) mass is 355 g/mol. The predicted octanol–water partition coefficient (Wildman–Crippen LogP) is 3.74. The van der Waals surface area contributed by atoms with Gasteiger partial charge in [0.2, 0.25) is 5.91 Å². The fourth-order valence-electron chi connectivity index (χ4n) is 2.84. The Morgan fingerprint density at radius 3 is 2.52 bits per heavy atom. The molecule has 0 saturated carbocycles. The molecule has 1 saturated heterocycles. The van der Waals surface area contributed by atoms with Crippen LogP contribution in [0.4, 0.5) is 11.4 Å². The van der Waals surface area contributed by atoms with Crippen LogP contribution < -0.4 is 10.2 Å². The third kappa shape index (κ3) is 4.84. The number of piperazine rings is 1. The lowest BCUT2D eigenvalue weighted by atomic mass is 10.2. The van der Waals surface area contributed by atoms with Crippen LogP contribution in [-0.4, -0.2) is 44.0 Å². The summed E-state index contributed by atoms with van der Waals surface area (Å²) in [5.41, 5.74) is 2.75. The quantitative estimate of drug-likeness (QED) is 0.848. The molecule has 1 aliphatic rings. The van der Waals surface area contributed by atoms with Crippen LogP contribution in [0.1, 0.15) is 5.56 Å². The van der Waals surface area contributed by atoms with Gasteiger partial charge in [0.25, 0.3) is 0 Å². The number of benzene rings is 2. The highest BCUT2D eigenvalue weighted by atomic mass is 35.5. The third-order valence-electron chi connectivity index (χ3n) is 4.29. The molecule has 2 aromatic carbocycles. The van der Waals surface area contributed by atoms with Crippen molar-refractivity contribution >= 4 is 35.0 Å². The van der Waals surface area contributed by atoms with Crippen LogP contribution in [0.25, 0.3) is 6.08 Å². The summed E-state index contributed by atoms with van der Waals surface area (Å²) in [4.78, 5) is 16.9. The highest BCUT2D eigenvalue weighted by Crippen LogP contribution is 2.30. The molecule has 0 unspecified atom stereocenters. The van der Waals surface area contributed by atoms with Crippen LogP contribution in [0, 0.1) is 0 Å². The lowest BCUT2D eigenvalue weighted by Crippen LogP contribution is -2.44. The molecule has 2 aromatic rings. The fraction of sp³-hybridized carbons (Fsp3) is 0.250. The number of hydrogen-bond donors (Lipinski definition) is 1. The van der Waals surface area contributed by atoms with Crippen LogP contribution in [0.15, 0.2) is 54.6 Å². The zero-order chi connectivity index (χ0) is 17.6. The number of amides is 1. The van der Waals surface area contributed by atoms with Crippen molar-refractivity contribution in [3.63, 3.8) is 0 Å². The summed E-state index contributed by atoms with van der Waals surface area (Å²) < 4.78 is 0. The number of likely N-dealkylation sites (N-methyl/N-ethyl adjacent to an activating group) is 1. The number of halogens is 1. The van der Waals surface area contributed by atoms with E-state index in [1.165, 1.54) is 0 Å². The molecule has 0 aliphatic carbocycles. The minimum absolute atomic E-state index is 0.165. The van der Waals surface area contributed by atoms with Crippen molar-refractivity contribution in [3.05, 3.63) is 65.2 Å². The molecule has 0 atom stereocenters. The Morgan fingerprint density at radius 1 is 1.08 bits per heavy atom. The topological polar surface area (TPSA) is 35.6 Å². The van der Waals surface area contributed by atoms with Gasteiger partial charge in [0.15, 0.2) is 0 Å². The zero-order valence-electron chi connectivity index (χ0n) is 14.3. The molecule has 0 radical (unpaired) electrons. The Kier molecular flexibility index (Phi) is 5.74. The number of nitrogens with one attached hydrogen (secondary N) is 1. The second kappa shape index (κ2) is 8.19. The summed E-state index contributed by atoms with van der Waals surface area (Å²) in [6.45, 7) is 3.87. The fourth-order valence-corrected chi connectivity index (χ4v) is 3.01. The van der Waals surface area contributed by atoms with Crippen LogP contribution >= 0.6 is 11.6 Å². The largest absolute Gasteiger partial charge is 0.367 e. The predicted molar refractivity (Wildman–Crippen MR) is 105 cm³/mol. The first kappa shape index (κ1) is 17.5. The lowest BCUT2D eigenvalue weighted by Gasteiger charge is -2.35. The first-order chi connectivity index (χ1) is 12.1. The van der Waals surface area contributed by atoms with E-state index in [0.29, 0.717) is 5.02 Å². The molecule has 5 heteroatoms. The Hall–Kier alpha value is -2.30. The Morgan fingerprint density at radius 2 is 1.80 bits per heavy atom. The van der Waals surface area contributed by atoms with E-state index in [-0.39, 0.29) is 5.91 Å². The minimum Gasteiger partial charge on any atom is -0.367 e. The molecule has 1 aliphatic heterocycles. The molecule has 3 rings (SSSR count). The molecule has 130 valence electrons. The van der Waals surface area contributed by atoms with Crippen molar-refractivity contribution in [2.75, 3.05) is 43.4 Å². The normalized spacial score (nSPS) is 15.5. The summed E-state index contributed by atoms with van der Waals surface area (Å²) in [6, 6.07) is 15.4. The van der Waals surface area contributed by atoms with Gasteiger partial charge in [-0.2, -0.15) is 0 Å². The van der Waals surface area contributed by atoms with Crippen LogP contribution in [-0.2, 0) is 4.79 Å². The van der Waals surface area contributed by atoms with Gasteiger partial charge in [-0.25, -0.2) is 0 Å². The first-order valence-electron chi connectivity index (χ1n) is 8.39. The number of carbonyl (C=O) groups is 1. The van der Waals surface area contributed by atoms with Gasteiger partial charge in [0.05, 0.1) is 11.4 Å². The van der Waals surface area contributed by atoms with E-state index in [4.69, 9.17) is 11.6 Å². The molecule has 1 heterocycles. The van der Waals surface area contributed by atoms with E-state index in [9.17, 15) is 4.79 Å². The summed E-state index contributed by atoms with van der Waals surface area (Å²) in [5, 5.41) is 3.58. The smallest absolute Gasteiger partial charge is 0.248 e. The molecule has 1 N–H and O–H groups in total. The maximum absolute atomic E-state index is 12.3. The average molecular weight is 356 g/mol. The van der Waals surface area contributed by atoms with Gasteiger partial charge >= 0.3 is 0 Å². The molecule has 25 heavy (non-hydrogen) atoms. The van der Waals surface area contributed by atoms with Gasteiger partial charge < -0.3 is 15.1 Å². The molecular formula is C20H22ClN3O. The van der Waals surface area contributed by atoms with E-state index in [2.05, 4.69) is 22.2 Å². The molecular weight excluding hydrogens is 334 g/mol. The number of anilines is 2. The second-order valence-electron chi connectivity index (χ2n) is 6.19. The van der Waals surface area contributed by atoms with Gasteiger partial charge in [-0.3, -0.25) is 4.79 Å². The number of hydrogen-bond acceptors (Lipinski definition) is 3. The van der Waals surface area contributed by atoms with Crippen LogP contribution in [0.2, 0.25) is 5.02 Å². The van der Waals surface area contributed by atoms with Crippen LogP contribution in [0.3, 0.4) is 0 Å². The molecule has 0 spiro atoms. The van der Waals surface area contributed by atoms with Gasteiger partial charge in [-0.05, 0) is 36.9 Å². The summed E-state index contributed by atoms with van der Waals surface area (Å²) in [6.07, 6.45) is 3.35. The van der Waals surface area contributed by atoms with Crippen LogP contribution in [0.5, 0.6) is 0 Å². The number of nitrogens with zero attached hydrogens (tertiary/aromatic N) is 2. The number of carbonyl (C=O) groups excluding carboxylic acids is 1. The van der Waals surface area contributed by atoms with E-state index in [1.54, 1.807) is 12.2 Å². The zero-order valence-corrected chi connectivity index (χ0v) is 15.0. The van der Waals surface area contributed by atoms with Crippen molar-refractivity contribution < 1.29 is 4.79 Å². The maximum Gasteiger partial charge on any atom is 0.248 e. The van der Waals surface area contributed by atoms with Crippen molar-refractivity contribution in [1.82, 2.24) is 4.90 Å². The second-order valence-corrected chi connectivity index (χ2v) is 6.62. The summed E-state index contributed by atoms with van der Waals surface area (Å²) >= 11 is 6.14. The average Bonchev–Trinajstić information content (AvgIpc) is 2.62. The first-order valence-corrected chi connectivity index (χ1v) is 8.77. The van der Waals surface area contributed by atoms with Gasteiger partial charge in [-0.1, -0.05) is 41.9 Å². The SMILES string of the molecule is CN1CCN(c2ccc(Cl)cc2NC(=O)/C=C/c2ccccc2)CC1. The van der Waals surface area contributed by atoms with Crippen molar-refractivity contribution in [2.24, 2.45) is 0 Å². The van der Waals surface area contributed by atoms with Gasteiger partial charge in [-0.15, -0.1) is 0 Å². The lowest BCUT2D eigenvalue weighted by molar-refractivity contribution is -0.111. The standard InChI is InChI=1S/C20H22ClN3O/c1-23-11-13-24(14-12-23)19-9-8-17(21)15-18(19)22-20(25)10-7-16-5-3-2-4-6-16/h2-10,15H,11-14H2,1H3,(H,22,25)/b10-7+. The summed E-state index contributed by atoms with van der Waals surface area (Å²) in [7, 11) is 2.12. The van der Waals surface area contributed by atoms with E-state index < -0.39 is 0 Å². The highest BCUT2D eigenvalue weighted by Gasteiger charge is 2.17. The minimum atomic E-state index is -0.165. The van der Waals surface area contributed by atoms with E-state index in [1.807, 2.05) is 48.5 Å². The molecule has 4 nitrogen and oxygen atoms in total. The third-order valence-corrected chi connectivity index (χ3v) is 4.52. The van der Waals surface area contributed by atoms with Gasteiger partial charge in [0.1, 0.15) is 0 Å². The number of rotatable bonds is 4. The van der Waals surface area contributed by atoms with Crippen molar-refractivity contribution in [2.45, 2.75) is 0 Å². The molecule has 0 aromatic heterocycles. The Balaban J connectivity index is 1.74. The molecule has 1 fully saturated rings. The van der Waals surface area contributed by atoms with E-state index in [0.717, 1.165) is 43.1 Å².